The number of carbonyl (C=O) groups is 1. The fourth-order valence-corrected chi connectivity index (χ4v) is 1.93. The van der Waals surface area contributed by atoms with E-state index < -0.39 is 5.97 Å². The van der Waals surface area contributed by atoms with Crippen molar-refractivity contribution in [2.75, 3.05) is 0 Å². The molecule has 2 atom stereocenters. The molecular weight excluding hydrogens is 151 g/mol. The molecule has 2 rings (SSSR count). The normalized spacial score (nSPS) is 32.9. The van der Waals surface area contributed by atoms with Gasteiger partial charge in [0, 0.05) is 0 Å². The van der Waals surface area contributed by atoms with Crippen LogP contribution in [-0.2, 0) is 4.79 Å². The molecule has 54 valence electrons. The summed E-state index contributed by atoms with van der Waals surface area (Å²) < 4.78 is 0. The second kappa shape index (κ2) is 3.30. The Morgan fingerprint density at radius 3 is 2.55 bits per heavy atom. The summed E-state index contributed by atoms with van der Waals surface area (Å²) in [6, 6.07) is 0. The van der Waals surface area contributed by atoms with Gasteiger partial charge in [0.15, 0.2) is 0 Å². The van der Waals surface area contributed by atoms with Crippen molar-refractivity contribution in [1.29, 1.82) is 0 Å². The standard InChI is InChI=1S/C8H10O2.Na/c9-8(10)7-4-2-5-1-3-6(5)7;/h4-6H,1-3H2,(H,9,10);/q;+1/p-1. The summed E-state index contributed by atoms with van der Waals surface area (Å²) in [6.07, 6.45) is 5.06. The van der Waals surface area contributed by atoms with Gasteiger partial charge in [-0.05, 0) is 36.7 Å². The second-order valence-electron chi connectivity index (χ2n) is 3.13. The summed E-state index contributed by atoms with van der Waals surface area (Å²) in [5.41, 5.74) is 0.566. The molecule has 2 aliphatic rings. The van der Waals surface area contributed by atoms with Crippen LogP contribution in [0.1, 0.15) is 19.3 Å². The summed E-state index contributed by atoms with van der Waals surface area (Å²) in [7, 11) is 0. The van der Waals surface area contributed by atoms with Gasteiger partial charge in [-0.2, -0.15) is 0 Å². The van der Waals surface area contributed by atoms with E-state index in [1.807, 2.05) is 6.08 Å². The first-order valence-corrected chi connectivity index (χ1v) is 3.70. The summed E-state index contributed by atoms with van der Waals surface area (Å²) in [5.74, 6) is 0.0464. The third-order valence-electron chi connectivity index (χ3n) is 2.69. The third kappa shape index (κ3) is 1.40. The van der Waals surface area contributed by atoms with E-state index in [4.69, 9.17) is 0 Å². The molecule has 0 amide bonds. The first-order chi connectivity index (χ1) is 4.79. The molecule has 0 saturated heterocycles. The molecule has 0 bridgehead atoms. The SMILES string of the molecule is O=C([O-])C1=CCC2CCC12.[Na+]. The van der Waals surface area contributed by atoms with Gasteiger partial charge < -0.3 is 9.90 Å². The number of carboxylic acids is 1. The van der Waals surface area contributed by atoms with Crippen molar-refractivity contribution in [3.63, 3.8) is 0 Å². The van der Waals surface area contributed by atoms with Crippen LogP contribution in [0.5, 0.6) is 0 Å². The topological polar surface area (TPSA) is 40.1 Å². The number of allylic oxidation sites excluding steroid dienone is 1. The van der Waals surface area contributed by atoms with Gasteiger partial charge in [0.1, 0.15) is 0 Å². The molecule has 0 N–H and O–H groups in total. The molecule has 2 nitrogen and oxygen atoms in total. The number of carbonyl (C=O) groups excluding carboxylic acids is 1. The van der Waals surface area contributed by atoms with Crippen LogP contribution in [0.15, 0.2) is 11.6 Å². The van der Waals surface area contributed by atoms with E-state index in [2.05, 4.69) is 0 Å². The maximum absolute atomic E-state index is 10.4. The molecule has 0 aliphatic heterocycles. The van der Waals surface area contributed by atoms with Crippen LogP contribution in [0, 0.1) is 11.8 Å². The maximum atomic E-state index is 10.4. The second-order valence-corrected chi connectivity index (χ2v) is 3.13. The predicted molar refractivity (Wildman–Crippen MR) is 33.9 cm³/mol. The first-order valence-electron chi connectivity index (χ1n) is 3.70. The summed E-state index contributed by atoms with van der Waals surface area (Å²) >= 11 is 0. The van der Waals surface area contributed by atoms with Crippen LogP contribution >= 0.6 is 0 Å². The molecule has 0 aromatic carbocycles. The van der Waals surface area contributed by atoms with Crippen molar-refractivity contribution >= 4 is 5.97 Å². The fraction of sp³-hybridized carbons (Fsp3) is 0.625. The van der Waals surface area contributed by atoms with E-state index in [0.29, 0.717) is 17.4 Å². The van der Waals surface area contributed by atoms with Crippen molar-refractivity contribution in [3.05, 3.63) is 11.6 Å². The minimum absolute atomic E-state index is 0. The Labute approximate surface area is 88.0 Å². The molecule has 2 unspecified atom stereocenters. The predicted octanol–water partition coefficient (Wildman–Crippen LogP) is -2.90. The number of fused-ring (bicyclic) bond motifs is 1. The molecule has 0 radical (unpaired) electrons. The quantitative estimate of drug-likeness (QED) is 0.386. The van der Waals surface area contributed by atoms with Crippen LogP contribution in [0.2, 0.25) is 0 Å². The van der Waals surface area contributed by atoms with Crippen LogP contribution in [0.4, 0.5) is 0 Å². The van der Waals surface area contributed by atoms with Gasteiger partial charge in [-0.1, -0.05) is 6.08 Å². The van der Waals surface area contributed by atoms with Crippen LogP contribution in [0.25, 0.3) is 0 Å². The van der Waals surface area contributed by atoms with E-state index in [9.17, 15) is 9.90 Å². The Balaban J connectivity index is 0.000000605. The smallest absolute Gasteiger partial charge is 0.545 e. The van der Waals surface area contributed by atoms with Gasteiger partial charge in [-0.25, -0.2) is 0 Å². The number of hydrogen-bond donors (Lipinski definition) is 0. The minimum Gasteiger partial charge on any atom is -0.545 e. The first kappa shape index (κ1) is 9.30. The number of rotatable bonds is 1. The zero-order valence-electron chi connectivity index (χ0n) is 6.67. The van der Waals surface area contributed by atoms with E-state index in [1.165, 1.54) is 6.42 Å². The molecule has 0 aromatic heterocycles. The Kier molecular flexibility index (Phi) is 2.79. The molecule has 0 spiro atoms. The van der Waals surface area contributed by atoms with Crippen LogP contribution in [0.3, 0.4) is 0 Å². The largest absolute Gasteiger partial charge is 1.00 e. The summed E-state index contributed by atoms with van der Waals surface area (Å²) in [6.45, 7) is 0. The van der Waals surface area contributed by atoms with Crippen molar-refractivity contribution in [3.8, 4) is 0 Å². The van der Waals surface area contributed by atoms with Crippen molar-refractivity contribution in [2.24, 2.45) is 11.8 Å². The average Bonchev–Trinajstić information content (AvgIpc) is 2.07. The van der Waals surface area contributed by atoms with E-state index >= 15 is 0 Å². The number of aliphatic carboxylic acids is 1. The van der Waals surface area contributed by atoms with Crippen molar-refractivity contribution < 1.29 is 39.5 Å². The molecule has 0 heterocycles. The van der Waals surface area contributed by atoms with Crippen LogP contribution in [-0.4, -0.2) is 5.97 Å². The zero-order chi connectivity index (χ0) is 7.14. The Bertz CT molecular complexity index is 210. The molecule has 1 saturated carbocycles. The van der Waals surface area contributed by atoms with Crippen LogP contribution < -0.4 is 34.7 Å². The Hall–Kier alpha value is 0.210. The Morgan fingerprint density at radius 2 is 2.27 bits per heavy atom. The van der Waals surface area contributed by atoms with E-state index in [-0.39, 0.29) is 29.6 Å². The minimum atomic E-state index is -0.952. The summed E-state index contributed by atoms with van der Waals surface area (Å²) in [4.78, 5) is 10.4. The molecule has 2 aliphatic carbocycles. The van der Waals surface area contributed by atoms with Gasteiger partial charge in [-0.15, -0.1) is 0 Å². The number of hydrogen-bond acceptors (Lipinski definition) is 2. The molecule has 11 heavy (non-hydrogen) atoms. The molecule has 0 aromatic rings. The van der Waals surface area contributed by atoms with Gasteiger partial charge in [0.2, 0.25) is 0 Å². The fourth-order valence-electron chi connectivity index (χ4n) is 1.93. The maximum Gasteiger partial charge on any atom is 1.00 e. The van der Waals surface area contributed by atoms with Crippen molar-refractivity contribution in [2.45, 2.75) is 19.3 Å². The average molecular weight is 160 g/mol. The van der Waals surface area contributed by atoms with E-state index in [0.717, 1.165) is 12.8 Å². The van der Waals surface area contributed by atoms with E-state index in [1.54, 1.807) is 0 Å². The van der Waals surface area contributed by atoms with Gasteiger partial charge >= 0.3 is 29.6 Å². The Morgan fingerprint density at radius 1 is 1.55 bits per heavy atom. The zero-order valence-corrected chi connectivity index (χ0v) is 8.67. The summed E-state index contributed by atoms with van der Waals surface area (Å²) in [5, 5.41) is 10.4. The number of carboxylic acid groups (broad SMARTS) is 1. The monoisotopic (exact) mass is 160 g/mol. The van der Waals surface area contributed by atoms with Gasteiger partial charge in [0.25, 0.3) is 0 Å². The third-order valence-corrected chi connectivity index (χ3v) is 2.69. The molecular formula is C8H9NaO2. The van der Waals surface area contributed by atoms with Gasteiger partial charge in [-0.3, -0.25) is 0 Å². The van der Waals surface area contributed by atoms with Crippen molar-refractivity contribution in [1.82, 2.24) is 0 Å². The van der Waals surface area contributed by atoms with Gasteiger partial charge in [0.05, 0.1) is 5.97 Å². The molecule has 1 fully saturated rings. The molecule has 3 heteroatoms.